The lowest BCUT2D eigenvalue weighted by atomic mass is 10.0. The molecular weight excluding hydrogens is 317 g/mol. The molecule has 0 aliphatic carbocycles. The van der Waals surface area contributed by atoms with E-state index in [1.165, 1.54) is 17.7 Å². The van der Waals surface area contributed by atoms with Gasteiger partial charge in [-0.2, -0.15) is 0 Å². The maximum absolute atomic E-state index is 13.1. The van der Waals surface area contributed by atoms with E-state index in [0.29, 0.717) is 12.6 Å². The van der Waals surface area contributed by atoms with Crippen molar-refractivity contribution in [2.45, 2.75) is 19.5 Å². The van der Waals surface area contributed by atoms with Gasteiger partial charge in [0.2, 0.25) is 0 Å². The van der Waals surface area contributed by atoms with Crippen molar-refractivity contribution >= 4 is 5.69 Å². The Balaban J connectivity index is 1.58. The second-order valence-electron chi connectivity index (χ2n) is 6.31. The molecule has 1 atom stereocenters. The highest BCUT2D eigenvalue weighted by molar-refractivity contribution is 5.46. The third-order valence-corrected chi connectivity index (χ3v) is 4.83. The van der Waals surface area contributed by atoms with Gasteiger partial charge in [-0.15, -0.1) is 0 Å². The predicted molar refractivity (Wildman–Crippen MR) is 97.9 cm³/mol. The molecule has 5 nitrogen and oxygen atoms in total. The van der Waals surface area contributed by atoms with Crippen molar-refractivity contribution in [1.29, 1.82) is 0 Å². The topological polar surface area (TPSA) is 55.2 Å². The Morgan fingerprint density at radius 2 is 1.68 bits per heavy atom. The molecule has 0 aromatic heterocycles. The third-order valence-electron chi connectivity index (χ3n) is 4.83. The average Bonchev–Trinajstić information content (AvgIpc) is 2.67. The van der Waals surface area contributed by atoms with Crippen LogP contribution in [0.1, 0.15) is 24.1 Å². The first-order valence-corrected chi connectivity index (χ1v) is 8.51. The van der Waals surface area contributed by atoms with Crippen molar-refractivity contribution in [1.82, 2.24) is 4.90 Å². The van der Waals surface area contributed by atoms with E-state index in [1.54, 1.807) is 0 Å². The lowest BCUT2D eigenvalue weighted by molar-refractivity contribution is 0.198. The van der Waals surface area contributed by atoms with Gasteiger partial charge in [-0.05, 0) is 47.8 Å². The largest absolute Gasteiger partial charge is 0.369 e. The van der Waals surface area contributed by atoms with Gasteiger partial charge >= 0.3 is 0 Å². The molecule has 2 aromatic rings. The summed E-state index contributed by atoms with van der Waals surface area (Å²) in [6.07, 6.45) is 0. The number of benzene rings is 2. The van der Waals surface area contributed by atoms with E-state index in [9.17, 15) is 4.39 Å². The molecule has 0 N–H and O–H groups in total. The molecule has 1 aliphatic heterocycles. The van der Waals surface area contributed by atoms with Crippen LogP contribution in [0, 0.1) is 5.82 Å². The molecule has 1 heterocycles. The Kier molecular flexibility index (Phi) is 5.53. The summed E-state index contributed by atoms with van der Waals surface area (Å²) < 4.78 is 13.1. The van der Waals surface area contributed by atoms with Gasteiger partial charge in [-0.3, -0.25) is 4.90 Å². The number of hydrogen-bond acceptors (Lipinski definition) is 3. The van der Waals surface area contributed by atoms with Crippen LogP contribution in [0.15, 0.2) is 53.6 Å². The van der Waals surface area contributed by atoms with Crippen molar-refractivity contribution in [3.8, 4) is 0 Å². The Morgan fingerprint density at radius 3 is 2.28 bits per heavy atom. The molecular formula is C19H22FN5. The van der Waals surface area contributed by atoms with Crippen LogP contribution < -0.4 is 4.90 Å². The van der Waals surface area contributed by atoms with Gasteiger partial charge in [0, 0.05) is 42.8 Å². The molecule has 0 spiro atoms. The Hall–Kier alpha value is -2.56. The fourth-order valence-corrected chi connectivity index (χ4v) is 3.24. The number of rotatable bonds is 5. The van der Waals surface area contributed by atoms with Crippen LogP contribution in [-0.4, -0.2) is 31.1 Å². The van der Waals surface area contributed by atoms with Gasteiger partial charge in [0.25, 0.3) is 0 Å². The molecule has 0 bridgehead atoms. The molecule has 1 aliphatic rings. The number of piperazine rings is 1. The lowest BCUT2D eigenvalue weighted by Crippen LogP contribution is -2.47. The number of anilines is 1. The predicted octanol–water partition coefficient (Wildman–Crippen LogP) is 4.52. The summed E-state index contributed by atoms with van der Waals surface area (Å²) >= 11 is 0. The fraction of sp³-hybridized carbons (Fsp3) is 0.368. The van der Waals surface area contributed by atoms with Gasteiger partial charge in [-0.25, -0.2) is 4.39 Å². The zero-order valence-electron chi connectivity index (χ0n) is 14.3. The molecule has 0 amide bonds. The van der Waals surface area contributed by atoms with Gasteiger partial charge in [0.1, 0.15) is 5.82 Å². The first-order valence-electron chi connectivity index (χ1n) is 8.51. The Bertz CT molecular complexity index is 729. The number of halogens is 1. The first kappa shape index (κ1) is 17.3. The van der Waals surface area contributed by atoms with Crippen molar-refractivity contribution in [3.63, 3.8) is 0 Å². The van der Waals surface area contributed by atoms with Crippen LogP contribution in [0.4, 0.5) is 10.1 Å². The van der Waals surface area contributed by atoms with Crippen LogP contribution in [0.2, 0.25) is 0 Å². The van der Waals surface area contributed by atoms with Gasteiger partial charge in [0.05, 0.1) is 6.54 Å². The summed E-state index contributed by atoms with van der Waals surface area (Å²) in [6, 6.07) is 15.3. The smallest absolute Gasteiger partial charge is 0.123 e. The monoisotopic (exact) mass is 339 g/mol. The van der Waals surface area contributed by atoms with Crippen LogP contribution in [0.3, 0.4) is 0 Å². The van der Waals surface area contributed by atoms with Crippen molar-refractivity contribution < 1.29 is 4.39 Å². The molecule has 25 heavy (non-hydrogen) atoms. The van der Waals surface area contributed by atoms with E-state index in [0.717, 1.165) is 37.4 Å². The zero-order valence-corrected chi connectivity index (χ0v) is 14.3. The minimum atomic E-state index is -0.195. The van der Waals surface area contributed by atoms with Crippen LogP contribution in [-0.2, 0) is 6.54 Å². The molecule has 3 rings (SSSR count). The summed E-state index contributed by atoms with van der Waals surface area (Å²) in [5, 5.41) is 3.59. The molecule has 6 heteroatoms. The Labute approximate surface area is 147 Å². The molecule has 0 radical (unpaired) electrons. The van der Waals surface area contributed by atoms with Gasteiger partial charge in [-0.1, -0.05) is 29.4 Å². The molecule has 130 valence electrons. The highest BCUT2D eigenvalue weighted by Gasteiger charge is 2.22. The maximum Gasteiger partial charge on any atom is 0.123 e. The summed E-state index contributed by atoms with van der Waals surface area (Å²) in [6.45, 7) is 6.42. The molecule has 0 saturated carbocycles. The fourth-order valence-electron chi connectivity index (χ4n) is 3.24. The SMILES string of the molecule is CC(c1ccc(CN=[N+]=[N-])cc1)N1CCN(c2ccc(F)cc2)CC1. The highest BCUT2D eigenvalue weighted by Crippen LogP contribution is 2.24. The standard InChI is InChI=1S/C19H22FN5/c1-15(17-4-2-16(3-5-17)14-22-23-21)24-10-12-25(13-11-24)19-8-6-18(20)7-9-19/h2-9,15H,10-14H2,1H3. The summed E-state index contributed by atoms with van der Waals surface area (Å²) in [4.78, 5) is 7.55. The Morgan fingerprint density at radius 1 is 1.04 bits per heavy atom. The minimum absolute atomic E-state index is 0.195. The van der Waals surface area contributed by atoms with E-state index in [2.05, 4.69) is 38.9 Å². The molecule has 1 fully saturated rings. The summed E-state index contributed by atoms with van der Waals surface area (Å²) in [5.41, 5.74) is 11.8. The second-order valence-corrected chi connectivity index (χ2v) is 6.31. The number of azide groups is 1. The van der Waals surface area contributed by atoms with E-state index in [-0.39, 0.29) is 5.82 Å². The van der Waals surface area contributed by atoms with E-state index in [1.807, 2.05) is 24.3 Å². The molecule has 1 unspecified atom stereocenters. The van der Waals surface area contributed by atoms with E-state index >= 15 is 0 Å². The second kappa shape index (κ2) is 8.01. The van der Waals surface area contributed by atoms with E-state index < -0.39 is 0 Å². The maximum atomic E-state index is 13.1. The van der Waals surface area contributed by atoms with Crippen LogP contribution >= 0.6 is 0 Å². The minimum Gasteiger partial charge on any atom is -0.369 e. The summed E-state index contributed by atoms with van der Waals surface area (Å²) in [7, 11) is 0. The third kappa shape index (κ3) is 4.29. The van der Waals surface area contributed by atoms with Gasteiger partial charge in [0.15, 0.2) is 0 Å². The highest BCUT2D eigenvalue weighted by atomic mass is 19.1. The lowest BCUT2D eigenvalue weighted by Gasteiger charge is -2.39. The quantitative estimate of drug-likeness (QED) is 0.457. The van der Waals surface area contributed by atoms with Crippen LogP contribution in [0.5, 0.6) is 0 Å². The van der Waals surface area contributed by atoms with Gasteiger partial charge < -0.3 is 4.90 Å². The first-order chi connectivity index (χ1) is 12.2. The zero-order chi connectivity index (χ0) is 17.6. The van der Waals surface area contributed by atoms with Crippen LogP contribution in [0.25, 0.3) is 10.4 Å². The van der Waals surface area contributed by atoms with Crippen molar-refractivity contribution in [2.75, 3.05) is 31.1 Å². The number of hydrogen-bond donors (Lipinski definition) is 0. The normalized spacial score (nSPS) is 16.3. The van der Waals surface area contributed by atoms with E-state index in [4.69, 9.17) is 5.53 Å². The van der Waals surface area contributed by atoms with Crippen molar-refractivity contribution in [2.24, 2.45) is 5.11 Å². The summed E-state index contributed by atoms with van der Waals surface area (Å²) in [5.74, 6) is -0.195. The average molecular weight is 339 g/mol. The van der Waals surface area contributed by atoms with Crippen molar-refractivity contribution in [3.05, 3.63) is 75.9 Å². The molecule has 2 aromatic carbocycles. The number of nitrogens with zero attached hydrogens (tertiary/aromatic N) is 5. The molecule has 1 saturated heterocycles.